The van der Waals surface area contributed by atoms with Crippen molar-refractivity contribution in [3.8, 4) is 17.2 Å². The van der Waals surface area contributed by atoms with Crippen LogP contribution in [0.25, 0.3) is 5.69 Å². The molecular formula is C23H25N3O4S. The highest BCUT2D eigenvalue weighted by Crippen LogP contribution is 2.33. The first kappa shape index (κ1) is 21.2. The lowest BCUT2D eigenvalue weighted by Gasteiger charge is -2.20. The predicted octanol–water partition coefficient (Wildman–Crippen LogP) is 3.88. The Morgan fingerprint density at radius 2 is 1.94 bits per heavy atom. The molecule has 8 heteroatoms. The summed E-state index contributed by atoms with van der Waals surface area (Å²) in [6.45, 7) is 7.02. The Morgan fingerprint density at radius 1 is 1.16 bits per heavy atom. The standard InChI is InChI=1S/C23H25N3O4S/c1-4-5-16-11-22(28)25-23(24-16)31-13-19(27)18-10-14(2)26(15(18)3)17-6-7-20-21(12-17)30-9-8-29-20/h6-7,10-12H,4-5,8-9,13H2,1-3H3,(H,24,25,28). The lowest BCUT2D eigenvalue weighted by molar-refractivity contribution is 0.102. The van der Waals surface area contributed by atoms with Crippen LogP contribution in [0.15, 0.2) is 40.3 Å². The summed E-state index contributed by atoms with van der Waals surface area (Å²) in [7, 11) is 0. The van der Waals surface area contributed by atoms with Crippen LogP contribution in [-0.2, 0) is 6.42 Å². The molecule has 31 heavy (non-hydrogen) atoms. The van der Waals surface area contributed by atoms with Crippen molar-refractivity contribution in [1.82, 2.24) is 14.5 Å². The molecule has 0 saturated carbocycles. The van der Waals surface area contributed by atoms with Gasteiger partial charge in [0.25, 0.3) is 5.56 Å². The normalized spacial score (nSPS) is 12.7. The third-order valence-electron chi connectivity index (χ3n) is 5.13. The highest BCUT2D eigenvalue weighted by Gasteiger charge is 2.19. The van der Waals surface area contributed by atoms with Crippen LogP contribution in [0.5, 0.6) is 11.5 Å². The van der Waals surface area contributed by atoms with Crippen LogP contribution in [0.1, 0.15) is 40.8 Å². The third kappa shape index (κ3) is 4.54. The maximum absolute atomic E-state index is 13.0. The molecule has 7 nitrogen and oxygen atoms in total. The maximum Gasteiger partial charge on any atom is 0.251 e. The molecule has 0 fully saturated rings. The smallest absolute Gasteiger partial charge is 0.251 e. The fourth-order valence-corrected chi connectivity index (χ4v) is 4.54. The van der Waals surface area contributed by atoms with Crippen LogP contribution in [0, 0.1) is 13.8 Å². The summed E-state index contributed by atoms with van der Waals surface area (Å²) in [5, 5.41) is 0.477. The zero-order valence-corrected chi connectivity index (χ0v) is 18.7. The summed E-state index contributed by atoms with van der Waals surface area (Å²) in [6.07, 6.45) is 1.65. The Labute approximate surface area is 184 Å². The molecule has 3 heterocycles. The number of Topliss-reactive ketones (excluding diaryl/α,β-unsaturated/α-hetero) is 1. The van der Waals surface area contributed by atoms with Gasteiger partial charge in [-0.25, -0.2) is 4.98 Å². The van der Waals surface area contributed by atoms with Crippen LogP contribution in [0.2, 0.25) is 0 Å². The molecule has 0 atom stereocenters. The number of nitrogens with zero attached hydrogens (tertiary/aromatic N) is 2. The van der Waals surface area contributed by atoms with E-state index in [4.69, 9.17) is 9.47 Å². The van der Waals surface area contributed by atoms with Crippen molar-refractivity contribution in [2.24, 2.45) is 0 Å². The minimum atomic E-state index is -0.190. The molecule has 1 aromatic carbocycles. The van der Waals surface area contributed by atoms with Gasteiger partial charge in [0.05, 0.1) is 5.75 Å². The summed E-state index contributed by atoms with van der Waals surface area (Å²) in [6, 6.07) is 9.20. The quantitative estimate of drug-likeness (QED) is 0.342. The highest BCUT2D eigenvalue weighted by molar-refractivity contribution is 7.99. The number of H-pyrrole nitrogens is 1. The Bertz CT molecular complexity index is 1180. The number of hydrogen-bond acceptors (Lipinski definition) is 6. The Balaban J connectivity index is 1.55. The van der Waals surface area contributed by atoms with Crippen molar-refractivity contribution in [3.63, 3.8) is 0 Å². The number of aromatic nitrogens is 3. The van der Waals surface area contributed by atoms with Gasteiger partial charge in [-0.15, -0.1) is 0 Å². The molecule has 3 aromatic rings. The van der Waals surface area contributed by atoms with Crippen LogP contribution < -0.4 is 15.0 Å². The molecule has 0 aliphatic carbocycles. The predicted molar refractivity (Wildman–Crippen MR) is 120 cm³/mol. The van der Waals surface area contributed by atoms with Gasteiger partial charge in [-0.1, -0.05) is 25.1 Å². The zero-order chi connectivity index (χ0) is 22.0. The van der Waals surface area contributed by atoms with Crippen LogP contribution >= 0.6 is 11.8 Å². The van der Waals surface area contributed by atoms with Gasteiger partial charge in [-0.2, -0.15) is 0 Å². The van der Waals surface area contributed by atoms with E-state index in [9.17, 15) is 9.59 Å². The topological polar surface area (TPSA) is 86.2 Å². The van der Waals surface area contributed by atoms with E-state index in [2.05, 4.69) is 9.97 Å². The van der Waals surface area contributed by atoms with E-state index in [1.165, 1.54) is 17.8 Å². The van der Waals surface area contributed by atoms with Crippen molar-refractivity contribution in [3.05, 3.63) is 63.3 Å². The Hall–Kier alpha value is -3.00. The van der Waals surface area contributed by atoms with Crippen molar-refractivity contribution in [2.75, 3.05) is 19.0 Å². The van der Waals surface area contributed by atoms with Gasteiger partial charge in [-0.05, 0) is 38.5 Å². The molecule has 4 rings (SSSR count). The minimum absolute atomic E-state index is 0.00885. The molecule has 0 radical (unpaired) electrons. The molecule has 162 valence electrons. The zero-order valence-electron chi connectivity index (χ0n) is 17.9. The number of rotatable bonds is 7. The molecule has 1 N–H and O–H groups in total. The van der Waals surface area contributed by atoms with Crippen molar-refractivity contribution in [1.29, 1.82) is 0 Å². The van der Waals surface area contributed by atoms with Crippen LogP contribution in [0.4, 0.5) is 0 Å². The number of carbonyl (C=O) groups is 1. The number of hydrogen-bond donors (Lipinski definition) is 1. The Morgan fingerprint density at radius 3 is 2.71 bits per heavy atom. The number of ether oxygens (including phenoxy) is 2. The van der Waals surface area contributed by atoms with Crippen LogP contribution in [0.3, 0.4) is 0 Å². The second-order valence-corrected chi connectivity index (χ2v) is 8.42. The van der Waals surface area contributed by atoms with E-state index in [-0.39, 0.29) is 17.1 Å². The lowest BCUT2D eigenvalue weighted by atomic mass is 10.2. The van der Waals surface area contributed by atoms with Gasteiger partial charge >= 0.3 is 0 Å². The maximum atomic E-state index is 13.0. The van der Waals surface area contributed by atoms with Gasteiger partial charge < -0.3 is 19.0 Å². The van der Waals surface area contributed by atoms with E-state index in [1.54, 1.807) is 0 Å². The van der Waals surface area contributed by atoms with Gasteiger partial charge in [0, 0.05) is 40.5 Å². The molecular weight excluding hydrogens is 414 g/mol. The number of thioether (sulfide) groups is 1. The largest absolute Gasteiger partial charge is 0.486 e. The number of benzene rings is 1. The number of aromatic amines is 1. The molecule has 0 bridgehead atoms. The third-order valence-corrected chi connectivity index (χ3v) is 6.01. The van der Waals surface area contributed by atoms with Gasteiger partial charge in [0.15, 0.2) is 22.4 Å². The number of carbonyl (C=O) groups excluding carboxylic acids is 1. The molecule has 0 unspecified atom stereocenters. The number of nitrogens with one attached hydrogen (secondary N) is 1. The van der Waals surface area contributed by atoms with Crippen LogP contribution in [-0.4, -0.2) is 39.3 Å². The first-order chi connectivity index (χ1) is 15.0. The second kappa shape index (κ2) is 9.01. The number of aryl methyl sites for hydroxylation is 2. The average Bonchev–Trinajstić information content (AvgIpc) is 3.05. The van der Waals surface area contributed by atoms with E-state index in [1.807, 2.05) is 49.6 Å². The molecule has 2 aromatic heterocycles. The van der Waals surface area contributed by atoms with Gasteiger partial charge in [0.1, 0.15) is 13.2 Å². The first-order valence-corrected chi connectivity index (χ1v) is 11.3. The lowest BCUT2D eigenvalue weighted by Crippen LogP contribution is -2.15. The first-order valence-electron chi connectivity index (χ1n) is 10.3. The summed E-state index contributed by atoms with van der Waals surface area (Å²) in [5.74, 6) is 1.63. The van der Waals surface area contributed by atoms with E-state index >= 15 is 0 Å². The van der Waals surface area contributed by atoms with Gasteiger partial charge in [-0.3, -0.25) is 9.59 Å². The summed E-state index contributed by atoms with van der Waals surface area (Å²) >= 11 is 1.25. The highest BCUT2D eigenvalue weighted by atomic mass is 32.2. The molecule has 1 aliphatic heterocycles. The fourth-order valence-electron chi connectivity index (χ4n) is 3.76. The summed E-state index contributed by atoms with van der Waals surface area (Å²) in [5.41, 5.74) is 3.96. The Kier molecular flexibility index (Phi) is 6.18. The fraction of sp³-hybridized carbons (Fsp3) is 0.348. The minimum Gasteiger partial charge on any atom is -0.486 e. The SMILES string of the molecule is CCCc1cc(=O)[nH]c(SCC(=O)c2cc(C)n(-c3ccc4c(c3)OCCO4)c2C)n1. The van der Waals surface area contributed by atoms with E-state index in [0.717, 1.165) is 41.4 Å². The monoisotopic (exact) mass is 439 g/mol. The summed E-state index contributed by atoms with van der Waals surface area (Å²) in [4.78, 5) is 32.0. The second-order valence-electron chi connectivity index (χ2n) is 7.45. The number of ketones is 1. The molecule has 1 aliphatic rings. The van der Waals surface area contributed by atoms with Crippen molar-refractivity contribution < 1.29 is 14.3 Å². The number of fused-ring (bicyclic) bond motifs is 1. The summed E-state index contributed by atoms with van der Waals surface area (Å²) < 4.78 is 13.3. The molecule has 0 saturated heterocycles. The molecule has 0 amide bonds. The van der Waals surface area contributed by atoms with E-state index in [0.29, 0.717) is 29.7 Å². The van der Waals surface area contributed by atoms with E-state index < -0.39 is 0 Å². The molecule has 0 spiro atoms. The van der Waals surface area contributed by atoms with Crippen molar-refractivity contribution >= 4 is 17.5 Å². The van der Waals surface area contributed by atoms with Gasteiger partial charge in [0.2, 0.25) is 0 Å². The van der Waals surface area contributed by atoms with Crippen molar-refractivity contribution in [2.45, 2.75) is 38.8 Å². The average molecular weight is 440 g/mol.